The molecule has 1 fully saturated rings. The average Bonchev–Trinajstić information content (AvgIpc) is 2.47. The Morgan fingerprint density at radius 2 is 1.61 bits per heavy atom. The molecule has 2 aromatic rings. The largest absolute Gasteiger partial charge is 0.297 e. The van der Waals surface area contributed by atoms with E-state index in [1.807, 2.05) is 0 Å². The van der Waals surface area contributed by atoms with E-state index < -0.39 is 0 Å². The molecule has 1 heteroatoms. The second-order valence-electron chi connectivity index (χ2n) is 5.34. The first kappa shape index (κ1) is 11.7. The number of rotatable bonds is 2. The molecular weight excluding hydrogens is 218 g/mol. The summed E-state index contributed by atoms with van der Waals surface area (Å²) in [5.74, 6) is 0. The van der Waals surface area contributed by atoms with E-state index in [4.69, 9.17) is 0 Å². The van der Waals surface area contributed by atoms with Crippen molar-refractivity contribution >= 4 is 10.8 Å². The van der Waals surface area contributed by atoms with Crippen LogP contribution in [0.15, 0.2) is 42.5 Å². The van der Waals surface area contributed by atoms with Crippen LogP contribution in [-0.2, 0) is 0 Å². The Morgan fingerprint density at radius 3 is 2.44 bits per heavy atom. The molecule has 0 saturated carbocycles. The molecule has 94 valence electrons. The Morgan fingerprint density at radius 1 is 0.889 bits per heavy atom. The molecule has 0 spiro atoms. The maximum Gasteiger partial charge on any atom is 0.0326 e. The monoisotopic (exact) mass is 239 g/mol. The van der Waals surface area contributed by atoms with Crippen LogP contribution in [0.5, 0.6) is 0 Å². The number of hydrogen-bond donors (Lipinski definition) is 0. The summed E-state index contributed by atoms with van der Waals surface area (Å²) in [5, 5.41) is 2.77. The third kappa shape index (κ3) is 2.15. The van der Waals surface area contributed by atoms with Gasteiger partial charge in [0, 0.05) is 6.04 Å². The predicted octanol–water partition coefficient (Wildman–Crippen LogP) is 4.39. The fourth-order valence-electron chi connectivity index (χ4n) is 3.12. The average molecular weight is 239 g/mol. The summed E-state index contributed by atoms with van der Waals surface area (Å²) in [5.41, 5.74) is 1.48. The zero-order valence-corrected chi connectivity index (χ0v) is 11.1. The number of fused-ring (bicyclic) bond motifs is 1. The van der Waals surface area contributed by atoms with Gasteiger partial charge in [-0.2, -0.15) is 0 Å². The van der Waals surface area contributed by atoms with Gasteiger partial charge < -0.3 is 0 Å². The van der Waals surface area contributed by atoms with E-state index in [2.05, 4.69) is 54.3 Å². The molecule has 1 saturated heterocycles. The van der Waals surface area contributed by atoms with E-state index >= 15 is 0 Å². The zero-order chi connectivity index (χ0) is 12.4. The van der Waals surface area contributed by atoms with Gasteiger partial charge in [-0.15, -0.1) is 0 Å². The quantitative estimate of drug-likeness (QED) is 0.751. The van der Waals surface area contributed by atoms with Crippen molar-refractivity contribution < 1.29 is 0 Å². The number of likely N-dealkylation sites (tertiary alicyclic amines) is 1. The van der Waals surface area contributed by atoms with Crippen LogP contribution in [0, 0.1) is 0 Å². The minimum atomic E-state index is 0.538. The van der Waals surface area contributed by atoms with Crippen molar-refractivity contribution in [2.24, 2.45) is 0 Å². The molecule has 0 amide bonds. The summed E-state index contributed by atoms with van der Waals surface area (Å²) in [4.78, 5) is 2.63. The maximum atomic E-state index is 2.63. The Bertz CT molecular complexity index is 521. The van der Waals surface area contributed by atoms with E-state index in [9.17, 15) is 0 Å². The Kier molecular flexibility index (Phi) is 3.33. The van der Waals surface area contributed by atoms with Crippen molar-refractivity contribution in [2.45, 2.75) is 32.2 Å². The summed E-state index contributed by atoms with van der Waals surface area (Å²) in [7, 11) is 0. The molecule has 0 aromatic heterocycles. The van der Waals surface area contributed by atoms with Gasteiger partial charge in [-0.1, -0.05) is 48.9 Å². The van der Waals surface area contributed by atoms with Crippen LogP contribution < -0.4 is 0 Å². The molecule has 1 heterocycles. The predicted molar refractivity (Wildman–Crippen MR) is 77.8 cm³/mol. The van der Waals surface area contributed by atoms with Crippen LogP contribution in [0.3, 0.4) is 0 Å². The highest BCUT2D eigenvalue weighted by Gasteiger charge is 2.19. The van der Waals surface area contributed by atoms with Crippen LogP contribution in [0.2, 0.25) is 0 Å². The van der Waals surface area contributed by atoms with E-state index in [1.54, 1.807) is 0 Å². The van der Waals surface area contributed by atoms with Gasteiger partial charge in [0.15, 0.2) is 0 Å². The van der Waals surface area contributed by atoms with Crippen LogP contribution in [0.4, 0.5) is 0 Å². The molecule has 3 rings (SSSR count). The molecule has 0 radical (unpaired) electrons. The van der Waals surface area contributed by atoms with Gasteiger partial charge in [-0.05, 0) is 49.2 Å². The molecule has 0 aliphatic carbocycles. The molecule has 1 aliphatic rings. The number of piperidine rings is 1. The minimum Gasteiger partial charge on any atom is -0.297 e. The van der Waals surface area contributed by atoms with Gasteiger partial charge in [0.1, 0.15) is 0 Å². The molecular formula is C17H21N. The topological polar surface area (TPSA) is 3.24 Å². The number of benzene rings is 2. The van der Waals surface area contributed by atoms with Crippen LogP contribution in [0.1, 0.15) is 37.8 Å². The highest BCUT2D eigenvalue weighted by atomic mass is 15.2. The highest BCUT2D eigenvalue weighted by molar-refractivity contribution is 5.86. The molecule has 1 unspecified atom stereocenters. The van der Waals surface area contributed by atoms with E-state index in [1.165, 1.54) is 48.7 Å². The lowest BCUT2D eigenvalue weighted by atomic mass is 9.97. The van der Waals surface area contributed by atoms with Crippen LogP contribution in [-0.4, -0.2) is 18.0 Å². The minimum absolute atomic E-state index is 0.538. The normalized spacial score (nSPS) is 18.9. The highest BCUT2D eigenvalue weighted by Crippen LogP contribution is 2.29. The maximum absolute atomic E-state index is 2.63. The second-order valence-corrected chi connectivity index (χ2v) is 5.34. The van der Waals surface area contributed by atoms with Gasteiger partial charge >= 0.3 is 0 Å². The van der Waals surface area contributed by atoms with E-state index in [0.29, 0.717) is 6.04 Å². The van der Waals surface area contributed by atoms with Crippen molar-refractivity contribution in [2.75, 3.05) is 13.1 Å². The smallest absolute Gasteiger partial charge is 0.0326 e. The Balaban J connectivity index is 1.97. The first-order valence-electron chi connectivity index (χ1n) is 7.08. The standard InChI is InChI=1S/C17H21N/c1-14(18-12-5-2-6-13-18)16-11-7-9-15-8-3-4-10-17(15)16/h3-4,7-11,14H,2,5-6,12-13H2,1H3. The summed E-state index contributed by atoms with van der Waals surface area (Å²) in [6.45, 7) is 4.86. The summed E-state index contributed by atoms with van der Waals surface area (Å²) in [6.07, 6.45) is 4.11. The van der Waals surface area contributed by atoms with Gasteiger partial charge in [0.2, 0.25) is 0 Å². The molecule has 1 atom stereocenters. The molecule has 18 heavy (non-hydrogen) atoms. The molecule has 0 N–H and O–H groups in total. The van der Waals surface area contributed by atoms with E-state index in [0.717, 1.165) is 0 Å². The fourth-order valence-corrected chi connectivity index (χ4v) is 3.12. The van der Waals surface area contributed by atoms with Crippen molar-refractivity contribution in [3.63, 3.8) is 0 Å². The summed E-state index contributed by atoms with van der Waals surface area (Å²) < 4.78 is 0. The third-order valence-electron chi connectivity index (χ3n) is 4.21. The van der Waals surface area contributed by atoms with Crippen LogP contribution in [0.25, 0.3) is 10.8 Å². The third-order valence-corrected chi connectivity index (χ3v) is 4.21. The second kappa shape index (κ2) is 5.11. The number of hydrogen-bond acceptors (Lipinski definition) is 1. The summed E-state index contributed by atoms with van der Waals surface area (Å²) in [6, 6.07) is 16.0. The lowest BCUT2D eigenvalue weighted by Gasteiger charge is -2.33. The Labute approximate surface area is 109 Å². The van der Waals surface area contributed by atoms with Gasteiger partial charge in [-0.3, -0.25) is 4.90 Å². The van der Waals surface area contributed by atoms with Gasteiger partial charge in [0.25, 0.3) is 0 Å². The molecule has 1 nitrogen and oxygen atoms in total. The zero-order valence-electron chi connectivity index (χ0n) is 11.1. The van der Waals surface area contributed by atoms with Gasteiger partial charge in [-0.25, -0.2) is 0 Å². The first-order valence-corrected chi connectivity index (χ1v) is 7.08. The Hall–Kier alpha value is -1.34. The lowest BCUT2D eigenvalue weighted by molar-refractivity contribution is 0.176. The SMILES string of the molecule is CC(c1cccc2ccccc12)N1CCCCC1. The van der Waals surface area contributed by atoms with Crippen molar-refractivity contribution in [3.8, 4) is 0 Å². The van der Waals surface area contributed by atoms with Crippen LogP contribution >= 0.6 is 0 Å². The van der Waals surface area contributed by atoms with Gasteiger partial charge in [0.05, 0.1) is 0 Å². The fraction of sp³-hybridized carbons (Fsp3) is 0.412. The molecule has 0 bridgehead atoms. The number of nitrogens with zero attached hydrogens (tertiary/aromatic N) is 1. The first-order chi connectivity index (χ1) is 8.86. The van der Waals surface area contributed by atoms with Crippen molar-refractivity contribution in [1.82, 2.24) is 4.90 Å². The van der Waals surface area contributed by atoms with Crippen molar-refractivity contribution in [3.05, 3.63) is 48.0 Å². The molecule has 1 aliphatic heterocycles. The van der Waals surface area contributed by atoms with Crippen molar-refractivity contribution in [1.29, 1.82) is 0 Å². The van der Waals surface area contributed by atoms with E-state index in [-0.39, 0.29) is 0 Å². The summed E-state index contributed by atoms with van der Waals surface area (Å²) >= 11 is 0. The molecule has 2 aromatic carbocycles. The lowest BCUT2D eigenvalue weighted by Crippen LogP contribution is -2.32.